The molecule has 0 saturated carbocycles. The Morgan fingerprint density at radius 3 is 2.80 bits per heavy atom. The average molecular weight is 340 g/mol. The number of aryl methyl sites for hydroxylation is 1. The maximum Gasteiger partial charge on any atom is 0.142 e. The molecule has 0 radical (unpaired) electrons. The lowest BCUT2D eigenvalue weighted by molar-refractivity contribution is 0.164. The zero-order valence-corrected chi connectivity index (χ0v) is 13.6. The van der Waals surface area contributed by atoms with Gasteiger partial charge in [0, 0.05) is 45.5 Å². The number of aromatic nitrogens is 1. The molecule has 20 heavy (non-hydrogen) atoms. The van der Waals surface area contributed by atoms with Gasteiger partial charge in [0.15, 0.2) is 0 Å². The summed E-state index contributed by atoms with van der Waals surface area (Å²) in [5.74, 6) is 1.82. The summed E-state index contributed by atoms with van der Waals surface area (Å²) in [6.07, 6.45) is 3.17. The largest absolute Gasteiger partial charge is 0.381 e. The molecule has 5 heteroatoms. The average Bonchev–Trinajstić information content (AvgIpc) is 2.93. The van der Waals surface area contributed by atoms with Crippen molar-refractivity contribution < 1.29 is 4.74 Å². The third-order valence-corrected chi connectivity index (χ3v) is 4.75. The highest BCUT2D eigenvalue weighted by Gasteiger charge is 2.23. The van der Waals surface area contributed by atoms with E-state index in [1.165, 1.54) is 18.5 Å². The number of ether oxygens (including phenoxy) is 1. The van der Waals surface area contributed by atoms with E-state index >= 15 is 0 Å². The van der Waals surface area contributed by atoms with Gasteiger partial charge in [-0.15, -0.1) is 0 Å². The standard InChI is InChI=1S/C15H22BrN3O/c1-12-8-14(16)15(17-9-12)19-5-3-18(4-6-19)10-13-2-7-20-11-13/h8-9,13H,2-7,10-11H2,1H3/t13-/m1/s1. The molecule has 2 aliphatic rings. The Balaban J connectivity index is 1.55. The molecular formula is C15H22BrN3O. The maximum atomic E-state index is 5.46. The Morgan fingerprint density at radius 2 is 2.15 bits per heavy atom. The van der Waals surface area contributed by atoms with Crippen molar-refractivity contribution >= 4 is 21.7 Å². The normalized spacial score (nSPS) is 24.3. The van der Waals surface area contributed by atoms with Gasteiger partial charge in [0.1, 0.15) is 5.82 Å². The lowest BCUT2D eigenvalue weighted by atomic mass is 10.1. The fraction of sp³-hybridized carbons (Fsp3) is 0.667. The summed E-state index contributed by atoms with van der Waals surface area (Å²) in [5, 5.41) is 0. The van der Waals surface area contributed by atoms with Gasteiger partial charge < -0.3 is 9.64 Å². The third kappa shape index (κ3) is 3.32. The van der Waals surface area contributed by atoms with Crippen LogP contribution in [0.25, 0.3) is 0 Å². The van der Waals surface area contributed by atoms with Crippen LogP contribution < -0.4 is 4.90 Å². The molecule has 0 aromatic carbocycles. The van der Waals surface area contributed by atoms with E-state index in [2.05, 4.69) is 43.7 Å². The predicted molar refractivity (Wildman–Crippen MR) is 84.3 cm³/mol. The highest BCUT2D eigenvalue weighted by atomic mass is 79.9. The van der Waals surface area contributed by atoms with Crippen molar-refractivity contribution in [1.29, 1.82) is 0 Å². The van der Waals surface area contributed by atoms with Gasteiger partial charge >= 0.3 is 0 Å². The fourth-order valence-electron chi connectivity index (χ4n) is 2.99. The molecule has 1 aromatic heterocycles. The van der Waals surface area contributed by atoms with Crippen LogP contribution >= 0.6 is 15.9 Å². The second kappa shape index (κ2) is 6.41. The van der Waals surface area contributed by atoms with Crippen LogP contribution in [0.5, 0.6) is 0 Å². The van der Waals surface area contributed by atoms with Crippen LogP contribution in [0.4, 0.5) is 5.82 Å². The molecule has 3 heterocycles. The molecule has 0 aliphatic carbocycles. The number of anilines is 1. The van der Waals surface area contributed by atoms with Gasteiger partial charge in [-0.05, 0) is 46.8 Å². The van der Waals surface area contributed by atoms with Crippen LogP contribution in [0, 0.1) is 12.8 Å². The molecule has 0 N–H and O–H groups in total. The Hall–Kier alpha value is -0.650. The summed E-state index contributed by atoms with van der Waals surface area (Å²) in [4.78, 5) is 9.52. The van der Waals surface area contributed by atoms with Crippen LogP contribution in [-0.4, -0.2) is 55.8 Å². The lowest BCUT2D eigenvalue weighted by Gasteiger charge is -2.36. The summed E-state index contributed by atoms with van der Waals surface area (Å²) in [5.41, 5.74) is 1.19. The summed E-state index contributed by atoms with van der Waals surface area (Å²) in [6, 6.07) is 2.14. The molecule has 0 unspecified atom stereocenters. The first-order chi connectivity index (χ1) is 9.72. The van der Waals surface area contributed by atoms with E-state index in [0.29, 0.717) is 0 Å². The quantitative estimate of drug-likeness (QED) is 0.844. The second-order valence-electron chi connectivity index (χ2n) is 5.84. The molecule has 0 amide bonds. The van der Waals surface area contributed by atoms with Crippen LogP contribution in [-0.2, 0) is 4.74 Å². The van der Waals surface area contributed by atoms with E-state index in [4.69, 9.17) is 4.74 Å². The molecule has 0 spiro atoms. The topological polar surface area (TPSA) is 28.6 Å². The van der Waals surface area contributed by atoms with E-state index in [9.17, 15) is 0 Å². The monoisotopic (exact) mass is 339 g/mol. The predicted octanol–water partition coefficient (Wildman–Crippen LogP) is 2.31. The van der Waals surface area contributed by atoms with Crippen molar-refractivity contribution in [3.05, 3.63) is 22.3 Å². The summed E-state index contributed by atoms with van der Waals surface area (Å²) in [7, 11) is 0. The molecule has 0 bridgehead atoms. The molecule has 4 nitrogen and oxygen atoms in total. The summed E-state index contributed by atoms with van der Waals surface area (Å²) >= 11 is 3.63. The molecular weight excluding hydrogens is 318 g/mol. The summed E-state index contributed by atoms with van der Waals surface area (Å²) < 4.78 is 6.57. The third-order valence-electron chi connectivity index (χ3n) is 4.17. The number of halogens is 1. The Labute approximate surface area is 129 Å². The number of hydrogen-bond acceptors (Lipinski definition) is 4. The smallest absolute Gasteiger partial charge is 0.142 e. The van der Waals surface area contributed by atoms with E-state index in [0.717, 1.165) is 55.6 Å². The second-order valence-corrected chi connectivity index (χ2v) is 6.69. The molecule has 1 atom stereocenters. The summed E-state index contributed by atoms with van der Waals surface area (Å²) in [6.45, 7) is 9.52. The fourth-order valence-corrected chi connectivity index (χ4v) is 3.71. The first kappa shape index (κ1) is 14.3. The molecule has 2 saturated heterocycles. The molecule has 110 valence electrons. The van der Waals surface area contributed by atoms with Gasteiger partial charge in [-0.25, -0.2) is 4.98 Å². The number of piperazine rings is 1. The van der Waals surface area contributed by atoms with Crippen molar-refractivity contribution in [3.8, 4) is 0 Å². The highest BCUT2D eigenvalue weighted by molar-refractivity contribution is 9.10. The van der Waals surface area contributed by atoms with Gasteiger partial charge in [-0.3, -0.25) is 4.90 Å². The van der Waals surface area contributed by atoms with Crippen LogP contribution in [0.2, 0.25) is 0 Å². The van der Waals surface area contributed by atoms with Gasteiger partial charge in [-0.2, -0.15) is 0 Å². The minimum atomic E-state index is 0.741. The Kier molecular flexibility index (Phi) is 4.58. The minimum Gasteiger partial charge on any atom is -0.381 e. The lowest BCUT2D eigenvalue weighted by Crippen LogP contribution is -2.48. The van der Waals surface area contributed by atoms with Gasteiger partial charge in [0.2, 0.25) is 0 Å². The van der Waals surface area contributed by atoms with E-state index < -0.39 is 0 Å². The zero-order chi connectivity index (χ0) is 13.9. The number of rotatable bonds is 3. The van der Waals surface area contributed by atoms with Gasteiger partial charge in [0.05, 0.1) is 11.1 Å². The zero-order valence-electron chi connectivity index (χ0n) is 12.0. The van der Waals surface area contributed by atoms with Crippen LogP contribution in [0.15, 0.2) is 16.7 Å². The highest BCUT2D eigenvalue weighted by Crippen LogP contribution is 2.25. The first-order valence-electron chi connectivity index (χ1n) is 7.39. The van der Waals surface area contributed by atoms with Crippen molar-refractivity contribution in [3.63, 3.8) is 0 Å². The Morgan fingerprint density at radius 1 is 1.35 bits per heavy atom. The number of hydrogen-bond donors (Lipinski definition) is 0. The molecule has 1 aromatic rings. The minimum absolute atomic E-state index is 0.741. The number of nitrogens with zero attached hydrogens (tertiary/aromatic N) is 3. The van der Waals surface area contributed by atoms with Crippen molar-refractivity contribution in [2.75, 3.05) is 50.8 Å². The number of pyridine rings is 1. The molecule has 2 aliphatic heterocycles. The first-order valence-corrected chi connectivity index (χ1v) is 8.19. The van der Waals surface area contributed by atoms with Crippen molar-refractivity contribution in [2.24, 2.45) is 5.92 Å². The van der Waals surface area contributed by atoms with Gasteiger partial charge in [-0.1, -0.05) is 0 Å². The molecule has 3 rings (SSSR count). The van der Waals surface area contributed by atoms with Crippen LogP contribution in [0.3, 0.4) is 0 Å². The van der Waals surface area contributed by atoms with E-state index in [1.54, 1.807) is 0 Å². The van der Waals surface area contributed by atoms with E-state index in [1.807, 2.05) is 6.20 Å². The van der Waals surface area contributed by atoms with Gasteiger partial charge in [0.25, 0.3) is 0 Å². The maximum absolute atomic E-state index is 5.46. The Bertz CT molecular complexity index is 454. The van der Waals surface area contributed by atoms with E-state index in [-0.39, 0.29) is 0 Å². The van der Waals surface area contributed by atoms with Crippen LogP contribution in [0.1, 0.15) is 12.0 Å². The van der Waals surface area contributed by atoms with Crippen molar-refractivity contribution in [2.45, 2.75) is 13.3 Å². The SMILES string of the molecule is Cc1cnc(N2CCN(C[C@H]3CCOC3)CC2)c(Br)c1. The molecule has 2 fully saturated rings. The van der Waals surface area contributed by atoms with Crippen molar-refractivity contribution in [1.82, 2.24) is 9.88 Å².